The number of carboxylic acid groups (broad SMARTS) is 2. The molecule has 0 spiro atoms. The fourth-order valence-corrected chi connectivity index (χ4v) is 4.30. The number of anilines is 1. The molecule has 0 aliphatic carbocycles. The first-order chi connectivity index (χ1) is 16.2. The largest absolute Gasteiger partial charge is 0.481 e. The van der Waals surface area contributed by atoms with Gasteiger partial charge in [0.25, 0.3) is 11.8 Å². The molecule has 0 bridgehead atoms. The zero-order chi connectivity index (χ0) is 25.0. The van der Waals surface area contributed by atoms with Crippen LogP contribution < -0.4 is 10.2 Å². The normalized spacial score (nSPS) is 18.7. The number of amides is 3. The molecule has 3 N–H and O–H groups in total. The van der Waals surface area contributed by atoms with Crippen LogP contribution >= 0.6 is 11.3 Å². The molecular formula is C20H22N6O7S. The van der Waals surface area contributed by atoms with Crippen LogP contribution in [0.4, 0.5) is 9.93 Å². The highest BCUT2D eigenvalue weighted by Crippen LogP contribution is 2.30. The summed E-state index contributed by atoms with van der Waals surface area (Å²) in [7, 11) is 1.22. The third-order valence-corrected chi connectivity index (χ3v) is 5.83. The van der Waals surface area contributed by atoms with Crippen molar-refractivity contribution in [2.75, 3.05) is 31.6 Å². The minimum absolute atomic E-state index is 0.00855. The van der Waals surface area contributed by atoms with Gasteiger partial charge in [-0.25, -0.2) is 24.7 Å². The van der Waals surface area contributed by atoms with Gasteiger partial charge >= 0.3 is 12.1 Å². The predicted molar refractivity (Wildman–Crippen MR) is 121 cm³/mol. The fraction of sp³-hybridized carbons (Fsp3) is 0.300. The van der Waals surface area contributed by atoms with Crippen LogP contribution in [0.1, 0.15) is 5.69 Å². The van der Waals surface area contributed by atoms with E-state index in [1.807, 2.05) is 0 Å². The highest BCUT2D eigenvalue weighted by molar-refractivity contribution is 7.14. The number of carboxylic acids is 1. The molecule has 2 aliphatic heterocycles. The number of nitrogens with zero attached hydrogens (tertiary/aromatic N) is 5. The van der Waals surface area contributed by atoms with Crippen LogP contribution in [0.5, 0.6) is 0 Å². The van der Waals surface area contributed by atoms with Gasteiger partial charge in [-0.2, -0.15) is 0 Å². The van der Waals surface area contributed by atoms with Crippen molar-refractivity contribution in [1.82, 2.24) is 20.3 Å². The molecule has 1 unspecified atom stereocenters. The number of aliphatic carboxylic acids is 1. The number of thiazole rings is 1. The highest BCUT2D eigenvalue weighted by atomic mass is 32.1. The summed E-state index contributed by atoms with van der Waals surface area (Å²) in [5.74, 6) is -3.50. The van der Waals surface area contributed by atoms with Crippen LogP contribution in [0.2, 0.25) is 0 Å². The summed E-state index contributed by atoms with van der Waals surface area (Å²) in [6, 6.07) is -0.980. The monoisotopic (exact) mass is 490 g/mol. The second-order valence-electron chi connectivity index (χ2n) is 7.05. The molecule has 180 valence electrons. The van der Waals surface area contributed by atoms with E-state index in [9.17, 15) is 29.4 Å². The van der Waals surface area contributed by atoms with Crippen molar-refractivity contribution in [3.05, 3.63) is 48.2 Å². The molecule has 0 saturated carbocycles. The molecule has 0 radical (unpaired) electrons. The Kier molecular flexibility index (Phi) is 7.43. The quantitative estimate of drug-likeness (QED) is 0.240. The van der Waals surface area contributed by atoms with E-state index < -0.39 is 35.8 Å². The molecule has 1 aromatic rings. The Labute approximate surface area is 197 Å². The summed E-state index contributed by atoms with van der Waals surface area (Å²) in [6.07, 6.45) is 3.00. The van der Waals surface area contributed by atoms with Gasteiger partial charge in [0, 0.05) is 25.0 Å². The van der Waals surface area contributed by atoms with E-state index in [1.54, 1.807) is 11.1 Å². The van der Waals surface area contributed by atoms with E-state index in [1.165, 1.54) is 29.7 Å². The first-order valence-corrected chi connectivity index (χ1v) is 10.7. The Balaban J connectivity index is 1.77. The number of nitrogens with one attached hydrogen (secondary N) is 1. The number of hydrazine groups is 1. The zero-order valence-electron chi connectivity index (χ0n) is 18.1. The Morgan fingerprint density at radius 2 is 2.18 bits per heavy atom. The van der Waals surface area contributed by atoms with Gasteiger partial charge in [0.1, 0.15) is 24.8 Å². The van der Waals surface area contributed by atoms with Crippen LogP contribution in [0.3, 0.4) is 0 Å². The maximum Gasteiger partial charge on any atom is 0.413 e. The first-order valence-electron chi connectivity index (χ1n) is 9.86. The van der Waals surface area contributed by atoms with Crippen LogP contribution in [0.25, 0.3) is 0 Å². The van der Waals surface area contributed by atoms with Crippen molar-refractivity contribution in [2.24, 2.45) is 11.1 Å². The summed E-state index contributed by atoms with van der Waals surface area (Å²) < 4.78 is 0. The standard InChI is InChI=1S/C20H22N6O7S/c1-4-7-25(20(31)32)19-22-13(10-34-19)15(23-33-3)16(27)21-12-9-24-8-6-14(26(24)17(12)28)11(5-2)18(29)30/h4-6,10-12H,1-2,7-9H2,3H3,(H,21,27)(H,29,30)(H,31,32)/b23-15-/t11?,12-/m0/s1. The highest BCUT2D eigenvalue weighted by Gasteiger charge is 2.46. The zero-order valence-corrected chi connectivity index (χ0v) is 18.9. The molecule has 1 aromatic heterocycles. The van der Waals surface area contributed by atoms with Gasteiger partial charge in [-0.05, 0) is 6.08 Å². The van der Waals surface area contributed by atoms with Gasteiger partial charge in [-0.15, -0.1) is 24.5 Å². The van der Waals surface area contributed by atoms with Gasteiger partial charge in [0.05, 0.1) is 5.70 Å². The minimum Gasteiger partial charge on any atom is -0.481 e. The average Bonchev–Trinajstić information content (AvgIpc) is 3.49. The fourth-order valence-electron chi connectivity index (χ4n) is 3.49. The van der Waals surface area contributed by atoms with Gasteiger partial charge in [-0.3, -0.25) is 14.4 Å². The van der Waals surface area contributed by atoms with Crippen molar-refractivity contribution in [3.63, 3.8) is 0 Å². The smallest absolute Gasteiger partial charge is 0.413 e. The molecule has 34 heavy (non-hydrogen) atoms. The van der Waals surface area contributed by atoms with Crippen molar-refractivity contribution in [3.8, 4) is 0 Å². The number of carbonyl (C=O) groups is 4. The second kappa shape index (κ2) is 10.3. The van der Waals surface area contributed by atoms with E-state index in [2.05, 4.69) is 28.6 Å². The van der Waals surface area contributed by atoms with E-state index in [-0.39, 0.29) is 35.3 Å². The predicted octanol–water partition coefficient (Wildman–Crippen LogP) is 0.492. The Morgan fingerprint density at radius 3 is 2.76 bits per heavy atom. The first kappa shape index (κ1) is 24.6. The molecule has 1 fully saturated rings. The van der Waals surface area contributed by atoms with Crippen LogP contribution in [0, 0.1) is 5.92 Å². The lowest BCUT2D eigenvalue weighted by molar-refractivity contribution is -0.141. The van der Waals surface area contributed by atoms with Gasteiger partial charge < -0.3 is 20.4 Å². The van der Waals surface area contributed by atoms with E-state index in [4.69, 9.17) is 4.84 Å². The van der Waals surface area contributed by atoms with Crippen molar-refractivity contribution in [2.45, 2.75) is 6.04 Å². The van der Waals surface area contributed by atoms with Gasteiger partial charge in [0.2, 0.25) is 0 Å². The number of oxime groups is 1. The lowest BCUT2D eigenvalue weighted by Gasteiger charge is -2.24. The maximum absolute atomic E-state index is 13.0. The molecule has 0 aromatic carbocycles. The third kappa shape index (κ3) is 4.67. The van der Waals surface area contributed by atoms with Gasteiger partial charge in [0.15, 0.2) is 10.8 Å². The molecule has 3 heterocycles. The Bertz CT molecular complexity index is 1100. The molecule has 14 heteroatoms. The number of hydrogen-bond donors (Lipinski definition) is 3. The number of hydrogen-bond acceptors (Lipinski definition) is 9. The Morgan fingerprint density at radius 1 is 1.44 bits per heavy atom. The number of fused-ring (bicyclic) bond motifs is 1. The molecule has 2 aliphatic rings. The van der Waals surface area contributed by atoms with Crippen LogP contribution in [-0.4, -0.2) is 87.6 Å². The van der Waals surface area contributed by atoms with E-state index in [0.717, 1.165) is 16.2 Å². The lowest BCUT2D eigenvalue weighted by Crippen LogP contribution is -2.46. The molecule has 3 rings (SSSR count). The summed E-state index contributed by atoms with van der Waals surface area (Å²) in [5, 5.41) is 29.4. The summed E-state index contributed by atoms with van der Waals surface area (Å²) >= 11 is 0.977. The van der Waals surface area contributed by atoms with E-state index in [0.29, 0.717) is 6.54 Å². The SMILES string of the molecule is C=CCN(C(=O)O)c1nc(/C(=N/OC)C(=O)N[C@H]2CN3CC=C(C(C=C)C(=O)O)N3C2=O)cs1. The average molecular weight is 490 g/mol. The summed E-state index contributed by atoms with van der Waals surface area (Å²) in [4.78, 5) is 58.7. The third-order valence-electron chi connectivity index (χ3n) is 4.97. The van der Waals surface area contributed by atoms with E-state index >= 15 is 0 Å². The molecule has 1 saturated heterocycles. The maximum atomic E-state index is 13.0. The van der Waals surface area contributed by atoms with Crippen molar-refractivity contribution >= 4 is 46.1 Å². The molecule has 2 atom stereocenters. The Hall–Kier alpha value is -4.04. The number of carbonyl (C=O) groups excluding carboxylic acids is 2. The van der Waals surface area contributed by atoms with Crippen LogP contribution in [-0.2, 0) is 19.2 Å². The van der Waals surface area contributed by atoms with Gasteiger partial charge in [-0.1, -0.05) is 17.3 Å². The number of rotatable bonds is 10. The molecule has 3 amide bonds. The lowest BCUT2D eigenvalue weighted by atomic mass is 10.1. The summed E-state index contributed by atoms with van der Waals surface area (Å²) in [6.45, 7) is 7.43. The van der Waals surface area contributed by atoms with Crippen molar-refractivity contribution < 1.29 is 34.2 Å². The topological polar surface area (TPSA) is 165 Å². The molecule has 13 nitrogen and oxygen atoms in total. The minimum atomic E-state index is -1.25. The van der Waals surface area contributed by atoms with Crippen molar-refractivity contribution in [1.29, 1.82) is 0 Å². The molecular weight excluding hydrogens is 468 g/mol. The number of aromatic nitrogens is 1. The van der Waals surface area contributed by atoms with Crippen LogP contribution in [0.15, 0.2) is 47.6 Å². The second-order valence-corrected chi connectivity index (χ2v) is 7.88. The summed E-state index contributed by atoms with van der Waals surface area (Å²) in [5.41, 5.74) is 0.0586.